The van der Waals surface area contributed by atoms with Gasteiger partial charge in [-0.25, -0.2) is 8.42 Å². The Labute approximate surface area is 175 Å². The molecule has 1 aromatic heterocycles. The first-order valence-electron chi connectivity index (χ1n) is 9.65. The number of rotatable bonds is 6. The number of hydrogen-bond donors (Lipinski definition) is 0. The Bertz CT molecular complexity index is 1090. The van der Waals surface area contributed by atoms with Crippen LogP contribution in [-0.4, -0.2) is 49.7 Å². The second-order valence-corrected chi connectivity index (χ2v) is 8.81. The molecule has 0 radical (unpaired) electrons. The van der Waals surface area contributed by atoms with E-state index in [0.29, 0.717) is 18.8 Å². The highest BCUT2D eigenvalue weighted by Gasteiger charge is 2.31. The van der Waals surface area contributed by atoms with Crippen molar-refractivity contribution in [2.45, 2.75) is 11.5 Å². The second kappa shape index (κ2) is 8.73. The van der Waals surface area contributed by atoms with E-state index in [1.165, 1.54) is 4.31 Å². The summed E-state index contributed by atoms with van der Waals surface area (Å²) in [5, 5.41) is 0. The molecular formula is C22H22N2O5S. The minimum absolute atomic E-state index is 0.223. The Hall–Kier alpha value is -3.10. The van der Waals surface area contributed by atoms with Gasteiger partial charge in [0.25, 0.3) is 5.91 Å². The molecule has 2 aromatic carbocycles. The Morgan fingerprint density at radius 2 is 1.50 bits per heavy atom. The average Bonchev–Trinajstić information content (AvgIpc) is 3.28. The molecule has 1 amide bonds. The normalized spacial score (nSPS) is 15.1. The summed E-state index contributed by atoms with van der Waals surface area (Å²) in [7, 11) is -3.55. The smallest absolute Gasteiger partial charge is 0.289 e. The highest BCUT2D eigenvalue weighted by molar-refractivity contribution is 7.89. The number of benzene rings is 2. The molecule has 0 atom stereocenters. The van der Waals surface area contributed by atoms with Crippen molar-refractivity contribution >= 4 is 15.9 Å². The molecule has 0 N–H and O–H groups in total. The summed E-state index contributed by atoms with van der Waals surface area (Å²) in [6.45, 7) is 1.32. The van der Waals surface area contributed by atoms with E-state index in [9.17, 15) is 13.2 Å². The van der Waals surface area contributed by atoms with Crippen molar-refractivity contribution in [1.29, 1.82) is 0 Å². The van der Waals surface area contributed by atoms with E-state index in [2.05, 4.69) is 0 Å². The average molecular weight is 426 g/mol. The van der Waals surface area contributed by atoms with Crippen molar-refractivity contribution in [3.63, 3.8) is 0 Å². The number of furan rings is 1. The fourth-order valence-corrected chi connectivity index (χ4v) is 4.71. The van der Waals surface area contributed by atoms with Gasteiger partial charge < -0.3 is 14.1 Å². The van der Waals surface area contributed by atoms with Crippen LogP contribution >= 0.6 is 0 Å². The molecule has 2 heterocycles. The molecular weight excluding hydrogens is 404 g/mol. The van der Waals surface area contributed by atoms with Crippen molar-refractivity contribution in [3.05, 3.63) is 84.3 Å². The SMILES string of the molecule is O=C(c1ccc(COc2ccccc2)o1)N1CCN(S(=O)(=O)c2ccccc2)CC1. The van der Waals surface area contributed by atoms with Crippen molar-refractivity contribution in [2.24, 2.45) is 0 Å². The second-order valence-electron chi connectivity index (χ2n) is 6.88. The van der Waals surface area contributed by atoms with Gasteiger partial charge in [-0.3, -0.25) is 4.79 Å². The third-order valence-electron chi connectivity index (χ3n) is 4.90. The number of amides is 1. The van der Waals surface area contributed by atoms with Crippen LogP contribution in [0.1, 0.15) is 16.3 Å². The molecule has 7 nitrogen and oxygen atoms in total. The van der Waals surface area contributed by atoms with E-state index < -0.39 is 10.0 Å². The number of carbonyl (C=O) groups is 1. The van der Waals surface area contributed by atoms with E-state index in [4.69, 9.17) is 9.15 Å². The molecule has 0 saturated carbocycles. The lowest BCUT2D eigenvalue weighted by Gasteiger charge is -2.33. The van der Waals surface area contributed by atoms with Gasteiger partial charge in [-0.2, -0.15) is 4.31 Å². The van der Waals surface area contributed by atoms with Crippen molar-refractivity contribution in [1.82, 2.24) is 9.21 Å². The lowest BCUT2D eigenvalue weighted by molar-refractivity contribution is 0.0662. The molecule has 1 aliphatic rings. The van der Waals surface area contributed by atoms with Gasteiger partial charge >= 0.3 is 0 Å². The largest absolute Gasteiger partial charge is 0.486 e. The zero-order valence-corrected chi connectivity index (χ0v) is 17.1. The Morgan fingerprint density at radius 1 is 0.867 bits per heavy atom. The summed E-state index contributed by atoms with van der Waals surface area (Å²) < 4.78 is 38.1. The molecule has 3 aromatic rings. The zero-order valence-electron chi connectivity index (χ0n) is 16.3. The Morgan fingerprint density at radius 3 is 2.17 bits per heavy atom. The first-order valence-corrected chi connectivity index (χ1v) is 11.1. The quantitative estimate of drug-likeness (QED) is 0.605. The molecule has 1 saturated heterocycles. The molecule has 0 aliphatic carbocycles. The summed E-state index contributed by atoms with van der Waals surface area (Å²) in [5.74, 6) is 1.24. The maximum absolute atomic E-state index is 12.7. The predicted molar refractivity (Wildman–Crippen MR) is 111 cm³/mol. The van der Waals surface area contributed by atoms with E-state index in [0.717, 1.165) is 5.75 Å². The number of para-hydroxylation sites is 1. The lowest BCUT2D eigenvalue weighted by Crippen LogP contribution is -2.50. The minimum atomic E-state index is -3.55. The van der Waals surface area contributed by atoms with E-state index in [1.807, 2.05) is 30.3 Å². The van der Waals surface area contributed by atoms with Crippen LogP contribution < -0.4 is 4.74 Å². The van der Waals surface area contributed by atoms with Crippen molar-refractivity contribution in [3.8, 4) is 5.75 Å². The van der Waals surface area contributed by atoms with Crippen LogP contribution in [0.2, 0.25) is 0 Å². The third-order valence-corrected chi connectivity index (χ3v) is 6.82. The molecule has 0 unspecified atom stereocenters. The molecule has 8 heteroatoms. The highest BCUT2D eigenvalue weighted by Crippen LogP contribution is 2.19. The number of ether oxygens (including phenoxy) is 1. The molecule has 1 aliphatic heterocycles. The fourth-order valence-electron chi connectivity index (χ4n) is 3.27. The number of nitrogens with zero attached hydrogens (tertiary/aromatic N) is 2. The Kier molecular flexibility index (Phi) is 5.87. The van der Waals surface area contributed by atoms with Gasteiger partial charge in [0.15, 0.2) is 5.76 Å². The van der Waals surface area contributed by atoms with Crippen LogP contribution in [-0.2, 0) is 16.6 Å². The van der Waals surface area contributed by atoms with Crippen LogP contribution in [0.15, 0.2) is 82.1 Å². The molecule has 1 fully saturated rings. The van der Waals surface area contributed by atoms with E-state index in [1.54, 1.807) is 47.4 Å². The molecule has 30 heavy (non-hydrogen) atoms. The molecule has 0 spiro atoms. The van der Waals surface area contributed by atoms with Gasteiger partial charge in [0, 0.05) is 26.2 Å². The molecule has 0 bridgehead atoms. The maximum atomic E-state index is 12.7. The highest BCUT2D eigenvalue weighted by atomic mass is 32.2. The standard InChI is InChI=1S/C22H22N2O5S/c25-22(21-12-11-19(29-21)17-28-18-7-3-1-4-8-18)23-13-15-24(16-14-23)30(26,27)20-9-5-2-6-10-20/h1-12H,13-17H2. The summed E-state index contributed by atoms with van der Waals surface area (Å²) in [5.41, 5.74) is 0. The van der Waals surface area contributed by atoms with Crippen LogP contribution in [0.4, 0.5) is 0 Å². The van der Waals surface area contributed by atoms with E-state index >= 15 is 0 Å². The van der Waals surface area contributed by atoms with Crippen molar-refractivity contribution < 1.29 is 22.4 Å². The summed E-state index contributed by atoms with van der Waals surface area (Å²) >= 11 is 0. The number of carbonyl (C=O) groups excluding carboxylic acids is 1. The van der Waals surface area contributed by atoms with Gasteiger partial charge in [-0.15, -0.1) is 0 Å². The topological polar surface area (TPSA) is 80.1 Å². The van der Waals surface area contributed by atoms with Crippen LogP contribution in [0, 0.1) is 0 Å². The van der Waals surface area contributed by atoms with Crippen molar-refractivity contribution in [2.75, 3.05) is 26.2 Å². The van der Waals surface area contributed by atoms with Crippen LogP contribution in [0.25, 0.3) is 0 Å². The van der Waals surface area contributed by atoms with Gasteiger partial charge in [0.2, 0.25) is 10.0 Å². The number of piperazine rings is 1. The summed E-state index contributed by atoms with van der Waals surface area (Å²) in [6, 6.07) is 21.0. The monoisotopic (exact) mass is 426 g/mol. The first kappa shape index (κ1) is 20.2. The van der Waals surface area contributed by atoms with Crippen LogP contribution in [0.5, 0.6) is 5.75 Å². The van der Waals surface area contributed by atoms with Gasteiger partial charge in [0.1, 0.15) is 18.1 Å². The first-order chi connectivity index (χ1) is 14.5. The van der Waals surface area contributed by atoms with Gasteiger partial charge in [-0.05, 0) is 36.4 Å². The third kappa shape index (κ3) is 4.39. The van der Waals surface area contributed by atoms with Gasteiger partial charge in [-0.1, -0.05) is 36.4 Å². The lowest BCUT2D eigenvalue weighted by atomic mass is 10.3. The van der Waals surface area contributed by atoms with Crippen LogP contribution in [0.3, 0.4) is 0 Å². The zero-order chi connectivity index (χ0) is 21.0. The fraction of sp³-hybridized carbons (Fsp3) is 0.227. The van der Waals surface area contributed by atoms with E-state index in [-0.39, 0.29) is 36.3 Å². The molecule has 4 rings (SSSR count). The van der Waals surface area contributed by atoms with Gasteiger partial charge in [0.05, 0.1) is 4.90 Å². The minimum Gasteiger partial charge on any atom is -0.486 e. The predicted octanol–water partition coefficient (Wildman–Crippen LogP) is 3.01. The molecule has 156 valence electrons. The Balaban J connectivity index is 1.34. The summed E-state index contributed by atoms with van der Waals surface area (Å²) in [4.78, 5) is 14.6. The number of sulfonamides is 1. The maximum Gasteiger partial charge on any atom is 0.289 e. The summed E-state index contributed by atoms with van der Waals surface area (Å²) in [6.07, 6.45) is 0. The number of hydrogen-bond acceptors (Lipinski definition) is 5.